The molecule has 0 radical (unpaired) electrons. The first-order valence-electron chi connectivity index (χ1n) is 10.5. The molecule has 0 bridgehead atoms. The molecule has 31 heavy (non-hydrogen) atoms. The van der Waals surface area contributed by atoms with Crippen LogP contribution in [0.3, 0.4) is 0 Å². The van der Waals surface area contributed by atoms with E-state index in [0.717, 1.165) is 5.69 Å². The second-order valence-electron chi connectivity index (χ2n) is 7.57. The third kappa shape index (κ3) is 5.48. The molecule has 1 aliphatic heterocycles. The maximum atomic E-state index is 13.1. The molecule has 0 aromatic heterocycles. The van der Waals surface area contributed by atoms with Gasteiger partial charge in [0.15, 0.2) is 6.10 Å². The van der Waals surface area contributed by atoms with Gasteiger partial charge in [0.25, 0.3) is 11.8 Å². The summed E-state index contributed by atoms with van der Waals surface area (Å²) in [6.07, 6.45) is 0.0256. The van der Waals surface area contributed by atoms with Crippen molar-refractivity contribution in [1.82, 2.24) is 4.90 Å². The van der Waals surface area contributed by atoms with E-state index in [9.17, 15) is 18.8 Å². The largest absolute Gasteiger partial charge is 0.452 e. The number of likely N-dealkylation sites (tertiary alicyclic amines) is 1. The number of likely N-dealkylation sites (N-methyl/N-ethyl adjacent to an activating group) is 1. The number of rotatable bonds is 6. The minimum Gasteiger partial charge on any atom is -0.452 e. The first kappa shape index (κ1) is 22.5. The van der Waals surface area contributed by atoms with Crippen molar-refractivity contribution in [2.75, 3.05) is 24.5 Å². The smallest absolute Gasteiger partial charge is 0.309 e. The normalized spacial score (nSPS) is 15.3. The van der Waals surface area contributed by atoms with E-state index in [2.05, 4.69) is 0 Å². The van der Waals surface area contributed by atoms with E-state index in [1.807, 2.05) is 37.3 Å². The van der Waals surface area contributed by atoms with Crippen LogP contribution in [0.5, 0.6) is 0 Å². The van der Waals surface area contributed by atoms with Crippen LogP contribution in [0.4, 0.5) is 10.1 Å². The van der Waals surface area contributed by atoms with Crippen LogP contribution < -0.4 is 4.90 Å². The van der Waals surface area contributed by atoms with Gasteiger partial charge < -0.3 is 14.5 Å². The zero-order valence-electron chi connectivity index (χ0n) is 17.8. The summed E-state index contributed by atoms with van der Waals surface area (Å²) in [5.41, 5.74) is 1.17. The number of anilines is 1. The van der Waals surface area contributed by atoms with Crippen molar-refractivity contribution in [3.63, 3.8) is 0 Å². The topological polar surface area (TPSA) is 66.9 Å². The Kier molecular flexibility index (Phi) is 7.39. The number of hydrogen-bond acceptors (Lipinski definition) is 4. The minimum absolute atomic E-state index is 0.184. The second-order valence-corrected chi connectivity index (χ2v) is 7.57. The monoisotopic (exact) mass is 426 g/mol. The zero-order chi connectivity index (χ0) is 22.4. The number of benzene rings is 2. The van der Waals surface area contributed by atoms with Crippen LogP contribution in [-0.4, -0.2) is 48.4 Å². The number of carbonyl (C=O) groups excluding carboxylic acids is 3. The number of ether oxygens (including phenoxy) is 1. The van der Waals surface area contributed by atoms with Gasteiger partial charge in [-0.15, -0.1) is 0 Å². The van der Waals surface area contributed by atoms with Crippen LogP contribution in [0.15, 0.2) is 54.6 Å². The van der Waals surface area contributed by atoms with Crippen molar-refractivity contribution in [3.8, 4) is 0 Å². The highest BCUT2D eigenvalue weighted by atomic mass is 19.1. The molecule has 1 aliphatic rings. The van der Waals surface area contributed by atoms with Gasteiger partial charge in [-0.2, -0.15) is 0 Å². The van der Waals surface area contributed by atoms with Crippen molar-refractivity contribution in [2.24, 2.45) is 5.92 Å². The number of hydrogen-bond donors (Lipinski definition) is 0. The maximum absolute atomic E-state index is 13.1. The summed E-state index contributed by atoms with van der Waals surface area (Å²) >= 11 is 0. The Labute approximate surface area is 181 Å². The maximum Gasteiger partial charge on any atom is 0.309 e. The highest BCUT2D eigenvalue weighted by Gasteiger charge is 2.32. The average molecular weight is 426 g/mol. The Morgan fingerprint density at radius 3 is 2.26 bits per heavy atom. The predicted octanol–water partition coefficient (Wildman–Crippen LogP) is 3.66. The molecule has 2 amide bonds. The van der Waals surface area contributed by atoms with E-state index >= 15 is 0 Å². The summed E-state index contributed by atoms with van der Waals surface area (Å²) in [5, 5.41) is 0. The van der Waals surface area contributed by atoms with E-state index in [4.69, 9.17) is 4.74 Å². The molecule has 1 atom stereocenters. The van der Waals surface area contributed by atoms with Crippen molar-refractivity contribution >= 4 is 23.5 Å². The lowest BCUT2D eigenvalue weighted by molar-refractivity contribution is -0.159. The fourth-order valence-electron chi connectivity index (χ4n) is 3.71. The Morgan fingerprint density at radius 2 is 1.68 bits per heavy atom. The molecule has 2 aromatic carbocycles. The van der Waals surface area contributed by atoms with E-state index in [-0.39, 0.29) is 17.7 Å². The van der Waals surface area contributed by atoms with Gasteiger partial charge in [-0.3, -0.25) is 14.4 Å². The minimum atomic E-state index is -0.897. The number of carbonyl (C=O) groups is 3. The van der Waals surface area contributed by atoms with Gasteiger partial charge in [-0.1, -0.05) is 18.2 Å². The fraction of sp³-hybridized carbons (Fsp3) is 0.375. The lowest BCUT2D eigenvalue weighted by Gasteiger charge is -2.32. The summed E-state index contributed by atoms with van der Waals surface area (Å²) < 4.78 is 18.5. The van der Waals surface area contributed by atoms with Crippen LogP contribution in [0, 0.1) is 11.7 Å². The van der Waals surface area contributed by atoms with E-state index in [1.54, 1.807) is 16.7 Å². The van der Waals surface area contributed by atoms with Crippen LogP contribution in [0.2, 0.25) is 0 Å². The third-order valence-electron chi connectivity index (χ3n) is 5.50. The number of esters is 1. The highest BCUT2D eigenvalue weighted by Crippen LogP contribution is 2.22. The van der Waals surface area contributed by atoms with E-state index in [0.29, 0.717) is 38.0 Å². The summed E-state index contributed by atoms with van der Waals surface area (Å²) in [4.78, 5) is 41.2. The number of nitrogens with zero attached hydrogens (tertiary/aromatic N) is 2. The van der Waals surface area contributed by atoms with E-state index in [1.165, 1.54) is 24.3 Å². The Hall–Kier alpha value is -3.22. The molecule has 0 spiro atoms. The predicted molar refractivity (Wildman–Crippen MR) is 115 cm³/mol. The molecule has 6 nitrogen and oxygen atoms in total. The summed E-state index contributed by atoms with van der Waals surface area (Å²) in [7, 11) is 0. The summed E-state index contributed by atoms with van der Waals surface area (Å²) in [6, 6.07) is 14.7. The molecule has 1 heterocycles. The van der Waals surface area contributed by atoms with Crippen LogP contribution in [0.25, 0.3) is 0 Å². The van der Waals surface area contributed by atoms with Gasteiger partial charge in [0.1, 0.15) is 5.82 Å². The van der Waals surface area contributed by atoms with Crippen molar-refractivity contribution in [3.05, 3.63) is 66.0 Å². The highest BCUT2D eigenvalue weighted by molar-refractivity contribution is 5.97. The molecule has 2 aromatic rings. The molecule has 1 saturated heterocycles. The van der Waals surface area contributed by atoms with Crippen molar-refractivity contribution in [2.45, 2.75) is 32.8 Å². The average Bonchev–Trinajstić information content (AvgIpc) is 2.80. The van der Waals surface area contributed by atoms with Crippen molar-refractivity contribution in [1.29, 1.82) is 0 Å². The lowest BCUT2D eigenvalue weighted by Crippen LogP contribution is -2.43. The van der Waals surface area contributed by atoms with Crippen LogP contribution >= 0.6 is 0 Å². The van der Waals surface area contributed by atoms with Gasteiger partial charge in [0, 0.05) is 30.9 Å². The Bertz CT molecular complexity index is 909. The number of halogens is 1. The van der Waals surface area contributed by atoms with Crippen molar-refractivity contribution < 1.29 is 23.5 Å². The molecule has 0 saturated carbocycles. The van der Waals surface area contributed by atoms with Gasteiger partial charge in [-0.05, 0) is 63.1 Å². The molecule has 3 rings (SSSR count). The standard InChI is InChI=1S/C24H27FN2O4/c1-3-27(21-7-5-4-6-8-21)22(28)17(2)31-24(30)19-13-15-26(16-14-19)23(29)18-9-11-20(25)12-10-18/h4-12,17,19H,3,13-16H2,1-2H3. The molecule has 7 heteroatoms. The molecule has 164 valence electrons. The van der Waals surface area contributed by atoms with Gasteiger partial charge in [-0.25, -0.2) is 4.39 Å². The van der Waals surface area contributed by atoms with Gasteiger partial charge in [0.2, 0.25) is 0 Å². The second kappa shape index (κ2) is 10.2. The molecule has 0 aliphatic carbocycles. The first-order valence-corrected chi connectivity index (χ1v) is 10.5. The molecule has 1 fully saturated rings. The first-order chi connectivity index (χ1) is 14.9. The molecule has 0 N–H and O–H groups in total. The summed E-state index contributed by atoms with van der Waals surface area (Å²) in [5.74, 6) is -1.63. The van der Waals surface area contributed by atoms with Gasteiger partial charge in [0.05, 0.1) is 5.92 Å². The Morgan fingerprint density at radius 1 is 1.06 bits per heavy atom. The number of para-hydroxylation sites is 1. The third-order valence-corrected chi connectivity index (χ3v) is 5.50. The lowest BCUT2D eigenvalue weighted by atomic mass is 9.96. The molecular formula is C24H27FN2O4. The fourth-order valence-corrected chi connectivity index (χ4v) is 3.71. The van der Waals surface area contributed by atoms with Crippen LogP contribution in [-0.2, 0) is 14.3 Å². The number of amides is 2. The molecular weight excluding hydrogens is 399 g/mol. The number of piperidine rings is 1. The van der Waals surface area contributed by atoms with Gasteiger partial charge >= 0.3 is 5.97 Å². The Balaban J connectivity index is 1.52. The zero-order valence-corrected chi connectivity index (χ0v) is 17.8. The molecule has 1 unspecified atom stereocenters. The van der Waals surface area contributed by atoms with E-state index < -0.39 is 17.9 Å². The SMILES string of the molecule is CCN(C(=O)C(C)OC(=O)C1CCN(C(=O)c2ccc(F)cc2)CC1)c1ccccc1. The quantitative estimate of drug-likeness (QED) is 0.661. The summed E-state index contributed by atoms with van der Waals surface area (Å²) in [6.45, 7) is 4.73. The van der Waals surface area contributed by atoms with Crippen LogP contribution in [0.1, 0.15) is 37.0 Å².